The zero-order valence-corrected chi connectivity index (χ0v) is 20.6. The molecule has 4 aromatic rings. The zero-order valence-electron chi connectivity index (χ0n) is 19.8. The van der Waals surface area contributed by atoms with Crippen molar-refractivity contribution in [3.8, 4) is 17.3 Å². The molecular weight excluding hydrogens is 466 g/mol. The molecule has 0 atom stereocenters. The molecule has 5 rings (SSSR count). The number of hydrogen-bond donors (Lipinski definition) is 0. The summed E-state index contributed by atoms with van der Waals surface area (Å²) >= 11 is 5.99. The van der Waals surface area contributed by atoms with Gasteiger partial charge >= 0.3 is 0 Å². The Morgan fingerprint density at radius 1 is 1.03 bits per heavy atom. The molecule has 1 amide bonds. The maximum atomic E-state index is 13.1. The fraction of sp³-hybridized carbons (Fsp3) is 0.320. The van der Waals surface area contributed by atoms with Crippen LogP contribution in [0.4, 0.5) is 5.69 Å². The van der Waals surface area contributed by atoms with Gasteiger partial charge in [0, 0.05) is 60.3 Å². The van der Waals surface area contributed by atoms with E-state index in [9.17, 15) is 4.79 Å². The molecule has 35 heavy (non-hydrogen) atoms. The summed E-state index contributed by atoms with van der Waals surface area (Å²) in [5.41, 5.74) is 2.02. The number of pyridine rings is 1. The first-order chi connectivity index (χ1) is 16.8. The first-order valence-electron chi connectivity index (χ1n) is 11.4. The summed E-state index contributed by atoms with van der Waals surface area (Å²) in [6, 6.07) is 11.4. The van der Waals surface area contributed by atoms with Gasteiger partial charge in [0.1, 0.15) is 17.8 Å². The summed E-state index contributed by atoms with van der Waals surface area (Å²) in [7, 11) is 0. The lowest BCUT2D eigenvalue weighted by Gasteiger charge is -2.35. The maximum Gasteiger partial charge on any atom is 0.274 e. The standard InChI is InChI=1S/C25H26ClN7O2/c1-25(2,3)24-29-22(35-30-24)17-8-9-27-21(14-17)33-15-20(28-16-33)23(34)32-12-10-31(11-13-32)19-6-4-18(26)5-7-19/h4-9,14-16H,10-13H2,1-3H3. The number of imidazole rings is 1. The number of benzene rings is 1. The van der Waals surface area contributed by atoms with Crippen LogP contribution >= 0.6 is 11.6 Å². The summed E-state index contributed by atoms with van der Waals surface area (Å²) in [5, 5.41) is 4.80. The van der Waals surface area contributed by atoms with Crippen LogP contribution in [0, 0.1) is 0 Å². The minimum absolute atomic E-state index is 0.0950. The van der Waals surface area contributed by atoms with E-state index in [0.717, 1.165) is 24.3 Å². The number of halogens is 1. The van der Waals surface area contributed by atoms with Crippen molar-refractivity contribution in [3.63, 3.8) is 0 Å². The van der Waals surface area contributed by atoms with Crippen molar-refractivity contribution < 1.29 is 9.32 Å². The first-order valence-corrected chi connectivity index (χ1v) is 11.8. The Kier molecular flexibility index (Phi) is 6.02. The lowest BCUT2D eigenvalue weighted by molar-refractivity contribution is 0.0741. The molecule has 0 radical (unpaired) electrons. The molecule has 0 unspecified atom stereocenters. The summed E-state index contributed by atoms with van der Waals surface area (Å²) in [6.45, 7) is 8.82. The van der Waals surface area contributed by atoms with Crippen LogP contribution in [0.15, 0.2) is 59.6 Å². The highest BCUT2D eigenvalue weighted by atomic mass is 35.5. The number of aromatic nitrogens is 5. The van der Waals surface area contributed by atoms with Gasteiger partial charge in [-0.3, -0.25) is 9.36 Å². The quantitative estimate of drug-likeness (QED) is 0.421. The van der Waals surface area contributed by atoms with Crippen molar-refractivity contribution in [3.05, 3.63) is 71.7 Å². The number of amides is 1. The molecule has 4 heterocycles. The molecule has 0 bridgehead atoms. The normalized spacial score (nSPS) is 14.4. The van der Waals surface area contributed by atoms with Crippen LogP contribution in [0.2, 0.25) is 5.02 Å². The minimum Gasteiger partial charge on any atom is -0.368 e. The highest BCUT2D eigenvalue weighted by Gasteiger charge is 2.25. The molecule has 0 aliphatic carbocycles. The molecule has 0 spiro atoms. The third-order valence-electron chi connectivity index (χ3n) is 5.91. The molecule has 9 nitrogen and oxygen atoms in total. The van der Waals surface area contributed by atoms with Crippen LogP contribution in [0.25, 0.3) is 17.3 Å². The second-order valence-electron chi connectivity index (χ2n) is 9.50. The highest BCUT2D eigenvalue weighted by Crippen LogP contribution is 2.25. The van der Waals surface area contributed by atoms with E-state index in [4.69, 9.17) is 16.1 Å². The van der Waals surface area contributed by atoms with Crippen LogP contribution in [0.5, 0.6) is 0 Å². The zero-order chi connectivity index (χ0) is 24.6. The highest BCUT2D eigenvalue weighted by molar-refractivity contribution is 6.30. The summed E-state index contributed by atoms with van der Waals surface area (Å²) < 4.78 is 7.18. The summed E-state index contributed by atoms with van der Waals surface area (Å²) in [6.07, 6.45) is 4.97. The Labute approximate surface area is 208 Å². The number of carbonyl (C=O) groups is 1. The molecule has 3 aromatic heterocycles. The third-order valence-corrected chi connectivity index (χ3v) is 6.17. The minimum atomic E-state index is -0.211. The Bertz CT molecular complexity index is 1330. The van der Waals surface area contributed by atoms with Crippen molar-refractivity contribution >= 4 is 23.2 Å². The van der Waals surface area contributed by atoms with Crippen molar-refractivity contribution in [1.29, 1.82) is 0 Å². The number of nitrogens with zero attached hydrogens (tertiary/aromatic N) is 7. The fourth-order valence-corrected chi connectivity index (χ4v) is 4.00. The SMILES string of the molecule is CC(C)(C)c1noc(-c2ccnc(-n3cnc(C(=O)N4CCN(c5ccc(Cl)cc5)CC4)c3)c2)n1. The van der Waals surface area contributed by atoms with E-state index in [1.165, 1.54) is 0 Å². The van der Waals surface area contributed by atoms with Gasteiger partial charge in [-0.25, -0.2) is 9.97 Å². The van der Waals surface area contributed by atoms with E-state index in [2.05, 4.69) is 25.0 Å². The van der Waals surface area contributed by atoms with E-state index >= 15 is 0 Å². The largest absolute Gasteiger partial charge is 0.368 e. The average molecular weight is 492 g/mol. The van der Waals surface area contributed by atoms with Crippen molar-refractivity contribution in [1.82, 2.24) is 29.6 Å². The lowest BCUT2D eigenvalue weighted by atomic mass is 9.96. The second kappa shape index (κ2) is 9.14. The summed E-state index contributed by atoms with van der Waals surface area (Å²) in [5.74, 6) is 1.57. The lowest BCUT2D eigenvalue weighted by Crippen LogP contribution is -2.48. The van der Waals surface area contributed by atoms with Crippen molar-refractivity contribution in [2.24, 2.45) is 0 Å². The molecule has 1 saturated heterocycles. The van der Waals surface area contributed by atoms with Gasteiger partial charge in [0.15, 0.2) is 5.82 Å². The number of carbonyl (C=O) groups excluding carboxylic acids is 1. The van der Waals surface area contributed by atoms with Gasteiger partial charge in [-0.15, -0.1) is 0 Å². The van der Waals surface area contributed by atoms with Gasteiger partial charge in [0.05, 0.1) is 0 Å². The van der Waals surface area contributed by atoms with E-state index in [1.807, 2.05) is 62.1 Å². The van der Waals surface area contributed by atoms with Crippen LogP contribution in [0.3, 0.4) is 0 Å². The Morgan fingerprint density at radius 3 is 2.46 bits per heavy atom. The van der Waals surface area contributed by atoms with Gasteiger partial charge in [-0.1, -0.05) is 37.5 Å². The van der Waals surface area contributed by atoms with Crippen LogP contribution in [-0.2, 0) is 5.41 Å². The van der Waals surface area contributed by atoms with Gasteiger partial charge < -0.3 is 14.3 Å². The van der Waals surface area contributed by atoms with E-state index in [1.54, 1.807) is 23.3 Å². The second-order valence-corrected chi connectivity index (χ2v) is 9.93. The van der Waals surface area contributed by atoms with Gasteiger partial charge in [0.25, 0.3) is 11.8 Å². The molecular formula is C25H26ClN7O2. The van der Waals surface area contributed by atoms with Crippen molar-refractivity contribution in [2.75, 3.05) is 31.1 Å². The molecule has 0 saturated carbocycles. The molecule has 0 N–H and O–H groups in total. The van der Waals surface area contributed by atoms with Gasteiger partial charge in [-0.2, -0.15) is 4.98 Å². The Hall–Kier alpha value is -3.72. The van der Waals surface area contributed by atoms with Crippen LogP contribution in [-0.4, -0.2) is 61.7 Å². The first kappa shape index (κ1) is 23.0. The molecule has 1 aliphatic rings. The van der Waals surface area contributed by atoms with E-state index in [-0.39, 0.29) is 11.3 Å². The van der Waals surface area contributed by atoms with Crippen LogP contribution < -0.4 is 4.90 Å². The monoisotopic (exact) mass is 491 g/mol. The van der Waals surface area contributed by atoms with Gasteiger partial charge in [-0.05, 0) is 36.4 Å². The third kappa shape index (κ3) is 4.90. The fourth-order valence-electron chi connectivity index (χ4n) is 3.88. The number of hydrogen-bond acceptors (Lipinski definition) is 7. The molecule has 10 heteroatoms. The van der Waals surface area contributed by atoms with Crippen LogP contribution in [0.1, 0.15) is 37.1 Å². The smallest absolute Gasteiger partial charge is 0.274 e. The number of piperazine rings is 1. The average Bonchev–Trinajstić information content (AvgIpc) is 3.55. The Balaban J connectivity index is 1.27. The van der Waals surface area contributed by atoms with Crippen molar-refractivity contribution in [2.45, 2.75) is 26.2 Å². The predicted molar refractivity (Wildman–Crippen MR) is 133 cm³/mol. The topological polar surface area (TPSA) is 93.2 Å². The molecule has 1 aromatic carbocycles. The number of anilines is 1. The van der Waals surface area contributed by atoms with E-state index < -0.39 is 0 Å². The molecule has 1 aliphatic heterocycles. The molecule has 1 fully saturated rings. The Morgan fingerprint density at radius 2 is 1.77 bits per heavy atom. The molecule has 180 valence electrons. The van der Waals surface area contributed by atoms with E-state index in [0.29, 0.717) is 41.3 Å². The maximum absolute atomic E-state index is 13.1. The predicted octanol–water partition coefficient (Wildman–Crippen LogP) is 4.23. The number of rotatable bonds is 4. The summed E-state index contributed by atoms with van der Waals surface area (Å²) in [4.78, 5) is 30.4. The van der Waals surface area contributed by atoms with Gasteiger partial charge in [0.2, 0.25) is 0 Å².